The van der Waals surface area contributed by atoms with Crippen molar-refractivity contribution in [1.82, 2.24) is 4.90 Å². The van der Waals surface area contributed by atoms with E-state index in [-0.39, 0.29) is 75.6 Å². The van der Waals surface area contributed by atoms with Crippen molar-refractivity contribution in [3.63, 3.8) is 0 Å². The van der Waals surface area contributed by atoms with Crippen molar-refractivity contribution in [2.24, 2.45) is 5.92 Å². The molecule has 7 heteroatoms. The van der Waals surface area contributed by atoms with Gasteiger partial charge in [-0.1, -0.05) is 36.4 Å². The number of carboxylic acids is 1. The minimum Gasteiger partial charge on any atom is -0.543 e. The number of hydrogen-bond donors (Lipinski definition) is 2. The Labute approximate surface area is 221 Å². The monoisotopic (exact) mass is 441 g/mol. The molecule has 2 N–H and O–H groups in total. The molecular weight excluding hydrogens is 421 g/mol. The first-order valence-electron chi connectivity index (χ1n) is 9.93. The molecule has 0 unspecified atom stereocenters. The first-order valence-corrected chi connectivity index (χ1v) is 9.93. The minimum atomic E-state index is -1.38. The van der Waals surface area contributed by atoms with Gasteiger partial charge in [-0.2, -0.15) is 0 Å². The molecule has 31 heavy (non-hydrogen) atoms. The fourth-order valence-electron chi connectivity index (χ4n) is 4.91. The number of aliphatic hydroxyl groups excluding tert-OH is 2. The normalized spacial score (nSPS) is 21.1. The quantitative estimate of drug-likeness (QED) is 0.294. The van der Waals surface area contributed by atoms with Crippen LogP contribution in [0.4, 0.5) is 0 Å². The number of carbonyl (C=O) groups is 2. The van der Waals surface area contributed by atoms with Gasteiger partial charge in [0, 0.05) is 0 Å². The zero-order valence-corrected chi connectivity index (χ0v) is 20.5. The molecule has 0 bridgehead atoms. The summed E-state index contributed by atoms with van der Waals surface area (Å²) < 4.78 is 0. The van der Waals surface area contributed by atoms with Crippen LogP contribution in [-0.4, -0.2) is 39.1 Å². The van der Waals surface area contributed by atoms with E-state index < -0.39 is 18.0 Å². The van der Waals surface area contributed by atoms with Crippen LogP contribution in [0.2, 0.25) is 0 Å². The first-order chi connectivity index (χ1) is 14.4. The standard InChI is InChI=1S/C24H21NO5.K/c1-12(27)21-20-10-19(22(24(29)30)25(20)23(21)28)16-6-4-14-3-5-15-8-13(11-26)2-7-17(15)18(14)9-16;/h2-9,12,20-21,26-27H,10-11H2,1H3,(H,29,30);/q;+1/p-1/t12-,20-,21-;/m1./s1. The Kier molecular flexibility index (Phi) is 6.13. The van der Waals surface area contributed by atoms with Gasteiger partial charge in [0.05, 0.1) is 36.3 Å². The number of amides is 1. The number of aliphatic hydroxyl groups is 2. The molecule has 0 aromatic heterocycles. The third kappa shape index (κ3) is 3.49. The number of rotatable bonds is 4. The molecule has 0 aliphatic carbocycles. The predicted molar refractivity (Wildman–Crippen MR) is 110 cm³/mol. The summed E-state index contributed by atoms with van der Waals surface area (Å²) in [6.45, 7) is 1.52. The molecule has 1 amide bonds. The molecule has 1 fully saturated rings. The van der Waals surface area contributed by atoms with E-state index in [1.807, 2.05) is 48.5 Å². The van der Waals surface area contributed by atoms with Crippen molar-refractivity contribution in [3.05, 3.63) is 65.4 Å². The molecule has 1 saturated heterocycles. The van der Waals surface area contributed by atoms with Crippen molar-refractivity contribution in [3.8, 4) is 0 Å². The van der Waals surface area contributed by atoms with E-state index in [0.29, 0.717) is 12.0 Å². The van der Waals surface area contributed by atoms with Crippen molar-refractivity contribution in [2.45, 2.75) is 32.1 Å². The molecular formula is C24H20KNO5. The van der Waals surface area contributed by atoms with Gasteiger partial charge in [0.2, 0.25) is 5.91 Å². The Morgan fingerprint density at radius 1 is 1.13 bits per heavy atom. The molecule has 2 heterocycles. The van der Waals surface area contributed by atoms with Crippen LogP contribution in [-0.2, 0) is 16.2 Å². The SMILES string of the molecule is C[C@@H](O)[C@H]1C(=O)N2C(C(=O)[O-])=C(c3ccc4ccc5cc(CO)ccc5c4c3)C[C@H]12.[K+]. The van der Waals surface area contributed by atoms with Crippen molar-refractivity contribution in [1.29, 1.82) is 0 Å². The summed E-state index contributed by atoms with van der Waals surface area (Å²) in [5.74, 6) is -2.34. The van der Waals surface area contributed by atoms with E-state index in [0.717, 1.165) is 32.7 Å². The number of benzene rings is 3. The molecule has 2 aliphatic rings. The number of carboxylic acid groups (broad SMARTS) is 1. The van der Waals surface area contributed by atoms with Crippen LogP contribution in [0.3, 0.4) is 0 Å². The number of β-lactam (4-membered cyclic amide) rings is 1. The molecule has 2 aliphatic heterocycles. The maximum Gasteiger partial charge on any atom is 1.00 e. The summed E-state index contributed by atoms with van der Waals surface area (Å²) in [6.07, 6.45) is -0.461. The molecule has 3 atom stereocenters. The molecule has 5 rings (SSSR count). The zero-order valence-electron chi connectivity index (χ0n) is 17.3. The van der Waals surface area contributed by atoms with E-state index >= 15 is 0 Å². The Hall–Kier alpha value is -1.58. The van der Waals surface area contributed by atoms with Crippen LogP contribution in [0.25, 0.3) is 27.1 Å². The molecule has 0 saturated carbocycles. The van der Waals surface area contributed by atoms with Gasteiger partial charge in [0.25, 0.3) is 0 Å². The molecule has 0 spiro atoms. The zero-order chi connectivity index (χ0) is 21.2. The summed E-state index contributed by atoms with van der Waals surface area (Å²) >= 11 is 0. The van der Waals surface area contributed by atoms with Crippen molar-refractivity contribution in [2.75, 3.05) is 0 Å². The Morgan fingerprint density at radius 2 is 1.84 bits per heavy atom. The van der Waals surface area contributed by atoms with E-state index in [9.17, 15) is 24.9 Å². The number of hydrogen-bond acceptors (Lipinski definition) is 5. The summed E-state index contributed by atoms with van der Waals surface area (Å²) in [6, 6.07) is 15.1. The van der Waals surface area contributed by atoms with Crippen molar-refractivity contribution >= 4 is 39.0 Å². The van der Waals surface area contributed by atoms with Gasteiger partial charge >= 0.3 is 51.4 Å². The molecule has 6 nitrogen and oxygen atoms in total. The molecule has 3 aromatic carbocycles. The van der Waals surface area contributed by atoms with Gasteiger partial charge < -0.3 is 25.0 Å². The number of carbonyl (C=O) groups excluding carboxylic acids is 2. The average molecular weight is 442 g/mol. The van der Waals surface area contributed by atoms with Crippen LogP contribution in [0, 0.1) is 5.92 Å². The Balaban J connectivity index is 0.00000231. The second-order valence-electron chi connectivity index (χ2n) is 8.08. The van der Waals surface area contributed by atoms with Gasteiger partial charge in [-0.15, -0.1) is 0 Å². The van der Waals surface area contributed by atoms with Gasteiger partial charge in [0.1, 0.15) is 0 Å². The van der Waals surface area contributed by atoms with Crippen molar-refractivity contribution < 1.29 is 76.3 Å². The third-order valence-electron chi connectivity index (χ3n) is 6.35. The van der Waals surface area contributed by atoms with Crippen LogP contribution in [0.1, 0.15) is 24.5 Å². The van der Waals surface area contributed by atoms with Gasteiger partial charge in [-0.3, -0.25) is 4.79 Å². The maximum absolute atomic E-state index is 12.4. The van der Waals surface area contributed by atoms with E-state index in [1.165, 1.54) is 4.90 Å². The summed E-state index contributed by atoms with van der Waals surface area (Å²) in [5.41, 5.74) is 2.02. The topological polar surface area (TPSA) is 101 Å². The maximum atomic E-state index is 12.4. The second kappa shape index (κ2) is 8.40. The van der Waals surface area contributed by atoms with Gasteiger partial charge in [-0.25, -0.2) is 0 Å². The number of fused-ring (bicyclic) bond motifs is 4. The number of nitrogens with zero attached hydrogens (tertiary/aromatic N) is 1. The molecule has 0 radical (unpaired) electrons. The van der Waals surface area contributed by atoms with E-state index in [1.54, 1.807) is 6.92 Å². The Morgan fingerprint density at radius 3 is 2.52 bits per heavy atom. The van der Waals surface area contributed by atoms with Crippen LogP contribution in [0.5, 0.6) is 0 Å². The van der Waals surface area contributed by atoms with Gasteiger partial charge in [-0.05, 0) is 63.7 Å². The van der Waals surface area contributed by atoms with Crippen LogP contribution >= 0.6 is 0 Å². The van der Waals surface area contributed by atoms with Gasteiger partial charge in [0.15, 0.2) is 0 Å². The smallest absolute Gasteiger partial charge is 0.543 e. The van der Waals surface area contributed by atoms with Crippen LogP contribution in [0.15, 0.2) is 54.2 Å². The third-order valence-corrected chi connectivity index (χ3v) is 6.35. The van der Waals surface area contributed by atoms with Crippen LogP contribution < -0.4 is 56.5 Å². The fourth-order valence-corrected chi connectivity index (χ4v) is 4.91. The number of aliphatic carboxylic acids is 1. The fraction of sp³-hybridized carbons (Fsp3) is 0.250. The first kappa shape index (κ1) is 22.6. The summed E-state index contributed by atoms with van der Waals surface area (Å²) in [4.78, 5) is 25.6. The minimum absolute atomic E-state index is 0. The predicted octanol–water partition coefficient (Wildman–Crippen LogP) is -1.44. The molecule has 3 aromatic rings. The Bertz CT molecular complexity index is 1270. The van der Waals surface area contributed by atoms with E-state index in [4.69, 9.17) is 0 Å². The summed E-state index contributed by atoms with van der Waals surface area (Å²) in [5, 5.41) is 35.2. The largest absolute Gasteiger partial charge is 1.00 e. The second-order valence-corrected chi connectivity index (χ2v) is 8.08. The molecule has 152 valence electrons. The average Bonchev–Trinajstić information content (AvgIpc) is 3.07. The van der Waals surface area contributed by atoms with E-state index in [2.05, 4.69) is 0 Å². The summed E-state index contributed by atoms with van der Waals surface area (Å²) in [7, 11) is 0.